The molecule has 14 heteroatoms. The maximum Gasteiger partial charge on any atom is 0.424 e. The highest BCUT2D eigenvalue weighted by molar-refractivity contribution is 6.00. The molecule has 2 aromatic heterocycles. The molecule has 2 N–H and O–H groups in total. The summed E-state index contributed by atoms with van der Waals surface area (Å²) in [4.78, 5) is 17.1. The van der Waals surface area contributed by atoms with Gasteiger partial charge in [0.1, 0.15) is 22.7 Å². The zero-order valence-corrected chi connectivity index (χ0v) is 23.7. The van der Waals surface area contributed by atoms with E-state index in [2.05, 4.69) is 15.4 Å². The molecule has 4 aromatic rings. The molecule has 1 aliphatic heterocycles. The molecule has 232 valence electrons. The number of fused-ring (bicyclic) bond motifs is 2. The molecule has 0 bridgehead atoms. The molecule has 0 spiro atoms. The summed E-state index contributed by atoms with van der Waals surface area (Å²) >= 11 is 0. The summed E-state index contributed by atoms with van der Waals surface area (Å²) in [5.74, 6) is -5.91. The maximum atomic E-state index is 14.9. The van der Waals surface area contributed by atoms with Gasteiger partial charge in [0, 0.05) is 33.7 Å². The average Bonchev–Trinajstić information content (AvgIpc) is 3.66. The number of aliphatic hydroxyl groups is 1. The Kier molecular flexibility index (Phi) is 6.83. The van der Waals surface area contributed by atoms with E-state index in [9.17, 15) is 36.2 Å². The lowest BCUT2D eigenvalue weighted by Crippen LogP contribution is -2.51. The number of hydrogen-bond acceptors (Lipinski definition) is 6. The second kappa shape index (κ2) is 10.1. The van der Waals surface area contributed by atoms with Crippen LogP contribution in [0.2, 0.25) is 0 Å². The number of carbonyl (C=O) groups is 1. The zero-order chi connectivity index (χ0) is 31.8. The Morgan fingerprint density at radius 2 is 1.89 bits per heavy atom. The zero-order valence-electron chi connectivity index (χ0n) is 23.7. The number of pyridine rings is 1. The molecule has 1 aliphatic carbocycles. The van der Waals surface area contributed by atoms with E-state index in [-0.39, 0.29) is 35.3 Å². The smallest absolute Gasteiger partial charge is 0.424 e. The summed E-state index contributed by atoms with van der Waals surface area (Å²) < 4.78 is 99.3. The summed E-state index contributed by atoms with van der Waals surface area (Å²) in [5, 5.41) is 18.3. The molecule has 44 heavy (non-hydrogen) atoms. The van der Waals surface area contributed by atoms with Crippen LogP contribution in [0.15, 0.2) is 36.5 Å². The SMILES string of the molecule is COc1cc(C(=O)NC[C@](O)(c2cc3c(c(-c4ccc(F)c(F)c4F)n2)OCC3(C)C)C(F)(F)F)cc2cn(C3CC3)nc12. The number of nitrogens with one attached hydrogen (secondary N) is 1. The first-order chi connectivity index (χ1) is 20.6. The third-order valence-electron chi connectivity index (χ3n) is 7.96. The number of halogens is 6. The van der Waals surface area contributed by atoms with Crippen molar-refractivity contribution < 1.29 is 45.7 Å². The van der Waals surface area contributed by atoms with E-state index in [0.29, 0.717) is 17.0 Å². The molecule has 1 saturated carbocycles. The Hall–Kier alpha value is -4.33. The van der Waals surface area contributed by atoms with Gasteiger partial charge < -0.3 is 19.9 Å². The summed E-state index contributed by atoms with van der Waals surface area (Å²) in [6, 6.07) is 5.38. The van der Waals surface area contributed by atoms with Crippen LogP contribution in [-0.2, 0) is 11.0 Å². The van der Waals surface area contributed by atoms with Crippen LogP contribution in [0.4, 0.5) is 26.3 Å². The van der Waals surface area contributed by atoms with Gasteiger partial charge >= 0.3 is 6.18 Å². The van der Waals surface area contributed by atoms with E-state index < -0.39 is 64.0 Å². The number of benzene rings is 2. The van der Waals surface area contributed by atoms with E-state index >= 15 is 0 Å². The first-order valence-corrected chi connectivity index (χ1v) is 13.6. The lowest BCUT2D eigenvalue weighted by atomic mass is 9.84. The van der Waals surface area contributed by atoms with Gasteiger partial charge in [-0.05, 0) is 43.2 Å². The second-order valence-corrected chi connectivity index (χ2v) is 11.6. The lowest BCUT2D eigenvalue weighted by Gasteiger charge is -2.31. The molecule has 3 heterocycles. The Morgan fingerprint density at radius 3 is 2.55 bits per heavy atom. The van der Waals surface area contributed by atoms with Crippen LogP contribution in [0.25, 0.3) is 22.2 Å². The van der Waals surface area contributed by atoms with Crippen molar-refractivity contribution in [1.82, 2.24) is 20.1 Å². The largest absolute Gasteiger partial charge is 0.494 e. The van der Waals surface area contributed by atoms with Gasteiger partial charge in [-0.15, -0.1) is 0 Å². The Balaban J connectivity index is 1.40. The molecule has 6 rings (SSSR count). The standard InChI is InChI=1S/C30H26F6N4O4/c1-28(2)13-44-26-18(28)10-21(38-25(26)17-6-7-19(31)23(33)22(17)32)29(42,30(34,35)36)12-37-27(41)14-8-15-11-40(16-4-5-16)39-24(15)20(9-14)43-3/h6-11,16,42H,4-5,12-13H2,1-3H3,(H,37,41)/t29-/m0/s1. The molecule has 0 unspecified atom stereocenters. The number of methoxy groups -OCH3 is 1. The van der Waals surface area contributed by atoms with Crippen molar-refractivity contribution in [3.8, 4) is 22.8 Å². The van der Waals surface area contributed by atoms with E-state index in [1.54, 1.807) is 24.7 Å². The predicted molar refractivity (Wildman–Crippen MR) is 145 cm³/mol. The minimum absolute atomic E-state index is 0.0461. The monoisotopic (exact) mass is 620 g/mol. The van der Waals surface area contributed by atoms with Gasteiger partial charge in [-0.2, -0.15) is 18.3 Å². The first kappa shape index (κ1) is 29.7. The van der Waals surface area contributed by atoms with Crippen molar-refractivity contribution in [3.63, 3.8) is 0 Å². The van der Waals surface area contributed by atoms with E-state index in [4.69, 9.17) is 9.47 Å². The third-order valence-corrected chi connectivity index (χ3v) is 7.96. The van der Waals surface area contributed by atoms with Crippen LogP contribution < -0.4 is 14.8 Å². The molecular formula is C30H26F6N4O4. The van der Waals surface area contributed by atoms with Crippen molar-refractivity contribution >= 4 is 16.8 Å². The summed E-state index contributed by atoms with van der Waals surface area (Å²) in [6.45, 7) is 1.84. The van der Waals surface area contributed by atoms with Crippen LogP contribution in [0.1, 0.15) is 54.3 Å². The molecule has 2 aromatic carbocycles. The number of alkyl halides is 3. The number of carbonyl (C=O) groups excluding carboxylic acids is 1. The maximum absolute atomic E-state index is 14.9. The quantitative estimate of drug-likeness (QED) is 0.203. The molecule has 1 amide bonds. The van der Waals surface area contributed by atoms with Crippen molar-refractivity contribution in [2.75, 3.05) is 20.3 Å². The van der Waals surface area contributed by atoms with Crippen LogP contribution in [0.5, 0.6) is 11.5 Å². The fourth-order valence-corrected chi connectivity index (χ4v) is 5.20. The number of rotatable bonds is 7. The van der Waals surface area contributed by atoms with Crippen LogP contribution >= 0.6 is 0 Å². The van der Waals surface area contributed by atoms with Crippen molar-refractivity contribution in [1.29, 1.82) is 0 Å². The highest BCUT2D eigenvalue weighted by Gasteiger charge is 2.57. The van der Waals surface area contributed by atoms with E-state index in [1.165, 1.54) is 19.2 Å². The molecule has 0 saturated heterocycles. The molecule has 0 radical (unpaired) electrons. The second-order valence-electron chi connectivity index (χ2n) is 11.6. The highest BCUT2D eigenvalue weighted by atomic mass is 19.4. The Labute approximate surface area is 246 Å². The Morgan fingerprint density at radius 1 is 1.16 bits per heavy atom. The molecule has 1 fully saturated rings. The molecule has 1 atom stereocenters. The number of aromatic nitrogens is 3. The number of nitrogens with zero attached hydrogens (tertiary/aromatic N) is 3. The minimum Gasteiger partial charge on any atom is -0.494 e. The van der Waals surface area contributed by atoms with Crippen LogP contribution in [0, 0.1) is 17.5 Å². The highest BCUT2D eigenvalue weighted by Crippen LogP contribution is 2.48. The summed E-state index contributed by atoms with van der Waals surface area (Å²) in [7, 11) is 1.37. The third kappa shape index (κ3) is 4.81. The minimum atomic E-state index is -5.40. The summed E-state index contributed by atoms with van der Waals surface area (Å²) in [6.07, 6.45) is -1.79. The van der Waals surface area contributed by atoms with Crippen LogP contribution in [-0.4, -0.2) is 52.2 Å². The van der Waals surface area contributed by atoms with Crippen molar-refractivity contribution in [3.05, 3.63) is 70.8 Å². The van der Waals surface area contributed by atoms with Gasteiger partial charge in [-0.3, -0.25) is 9.48 Å². The van der Waals surface area contributed by atoms with Crippen molar-refractivity contribution in [2.45, 2.75) is 49.9 Å². The van der Waals surface area contributed by atoms with E-state index in [1.807, 2.05) is 0 Å². The van der Waals surface area contributed by atoms with Gasteiger partial charge in [0.2, 0.25) is 5.60 Å². The fourth-order valence-electron chi connectivity index (χ4n) is 5.20. The topological polar surface area (TPSA) is 98.5 Å². The van der Waals surface area contributed by atoms with Gasteiger partial charge in [0.15, 0.2) is 17.5 Å². The first-order valence-electron chi connectivity index (χ1n) is 13.6. The van der Waals surface area contributed by atoms with E-state index in [0.717, 1.165) is 25.0 Å². The average molecular weight is 621 g/mol. The Bertz CT molecular complexity index is 1820. The number of ether oxygens (including phenoxy) is 2. The summed E-state index contributed by atoms with van der Waals surface area (Å²) in [5.41, 5.74) is -6.38. The lowest BCUT2D eigenvalue weighted by molar-refractivity contribution is -0.265. The van der Waals surface area contributed by atoms with Gasteiger partial charge in [0.25, 0.3) is 5.91 Å². The number of hydrogen-bond donors (Lipinski definition) is 2. The predicted octanol–water partition coefficient (Wildman–Crippen LogP) is 5.71. The molecule has 2 aliphatic rings. The van der Waals surface area contributed by atoms with Gasteiger partial charge in [-0.25, -0.2) is 18.2 Å². The molecular weight excluding hydrogens is 594 g/mol. The number of amides is 1. The van der Waals surface area contributed by atoms with Crippen LogP contribution in [0.3, 0.4) is 0 Å². The van der Waals surface area contributed by atoms with Gasteiger partial charge in [-0.1, -0.05) is 13.8 Å². The van der Waals surface area contributed by atoms with Crippen molar-refractivity contribution in [2.24, 2.45) is 0 Å². The van der Waals surface area contributed by atoms with Gasteiger partial charge in [0.05, 0.1) is 32.0 Å². The molecule has 8 nitrogen and oxygen atoms in total. The fraction of sp³-hybridized carbons (Fsp3) is 0.367. The normalized spacial score (nSPS) is 17.2.